The molecule has 1 nitrogen and oxygen atoms in total. The van der Waals surface area contributed by atoms with Crippen LogP contribution in [-0.2, 0) is 4.79 Å². The maximum atomic E-state index is 11.9. The fourth-order valence-electron chi connectivity index (χ4n) is 7.34. The van der Waals surface area contributed by atoms with Gasteiger partial charge in [0.25, 0.3) is 0 Å². The number of ketones is 1. The Morgan fingerprint density at radius 1 is 1.05 bits per heavy atom. The van der Waals surface area contributed by atoms with Crippen molar-refractivity contribution in [2.45, 2.75) is 78.6 Å². The van der Waals surface area contributed by atoms with Gasteiger partial charge in [-0.05, 0) is 85.5 Å². The van der Waals surface area contributed by atoms with E-state index < -0.39 is 0 Å². The van der Waals surface area contributed by atoms with Crippen LogP contribution < -0.4 is 0 Å². The second kappa shape index (κ2) is 4.95. The summed E-state index contributed by atoms with van der Waals surface area (Å²) in [6.45, 7) is 7.52. The highest BCUT2D eigenvalue weighted by atomic mass is 16.1. The van der Waals surface area contributed by atoms with Gasteiger partial charge < -0.3 is 0 Å². The Bertz CT molecular complexity index is 518. The zero-order valence-electron chi connectivity index (χ0n) is 14.7. The van der Waals surface area contributed by atoms with E-state index in [1.54, 1.807) is 0 Å². The Morgan fingerprint density at radius 3 is 2.64 bits per heavy atom. The second-order valence-corrected chi connectivity index (χ2v) is 9.20. The van der Waals surface area contributed by atoms with E-state index in [-0.39, 0.29) is 0 Å². The van der Waals surface area contributed by atoms with Crippen LogP contribution in [0.25, 0.3) is 0 Å². The molecule has 3 saturated carbocycles. The predicted octanol–water partition coefficient (Wildman–Crippen LogP) is 5.54. The molecule has 4 aliphatic carbocycles. The minimum absolute atomic E-state index is 0.350. The van der Waals surface area contributed by atoms with E-state index in [9.17, 15) is 4.79 Å². The summed E-state index contributed by atoms with van der Waals surface area (Å²) in [5.74, 6) is 4.11. The maximum absolute atomic E-state index is 11.9. The van der Waals surface area contributed by atoms with Crippen LogP contribution >= 0.6 is 0 Å². The van der Waals surface area contributed by atoms with E-state index in [4.69, 9.17) is 0 Å². The summed E-state index contributed by atoms with van der Waals surface area (Å²) in [6.07, 6.45) is 13.7. The second-order valence-electron chi connectivity index (χ2n) is 9.20. The van der Waals surface area contributed by atoms with E-state index >= 15 is 0 Å². The maximum Gasteiger partial charge on any atom is 0.155 e. The molecule has 0 aliphatic heterocycles. The molecule has 0 saturated heterocycles. The molecule has 1 unspecified atom stereocenters. The lowest BCUT2D eigenvalue weighted by atomic mass is 9.47. The highest BCUT2D eigenvalue weighted by Gasteiger charge is 2.58. The van der Waals surface area contributed by atoms with Gasteiger partial charge in [-0.25, -0.2) is 0 Å². The molecule has 0 aromatic carbocycles. The van der Waals surface area contributed by atoms with Crippen LogP contribution in [-0.4, -0.2) is 5.78 Å². The van der Waals surface area contributed by atoms with Crippen molar-refractivity contribution in [1.29, 1.82) is 0 Å². The number of carbonyl (C=O) groups excluding carboxylic acids is 1. The molecule has 4 rings (SSSR count). The molecule has 0 N–H and O–H groups in total. The number of allylic oxidation sites excluding steroid dienone is 1. The molecule has 0 heterocycles. The van der Waals surface area contributed by atoms with Crippen LogP contribution in [0.4, 0.5) is 0 Å². The molecule has 22 heavy (non-hydrogen) atoms. The van der Waals surface area contributed by atoms with Crippen LogP contribution in [0.3, 0.4) is 0 Å². The van der Waals surface area contributed by atoms with Gasteiger partial charge in [-0.2, -0.15) is 0 Å². The van der Waals surface area contributed by atoms with Crippen molar-refractivity contribution in [3.05, 3.63) is 11.6 Å². The van der Waals surface area contributed by atoms with E-state index in [2.05, 4.69) is 20.8 Å². The number of rotatable bonds is 1. The van der Waals surface area contributed by atoms with Gasteiger partial charge in [0.2, 0.25) is 0 Å². The van der Waals surface area contributed by atoms with Gasteiger partial charge >= 0.3 is 0 Å². The quantitative estimate of drug-likeness (QED) is 0.621. The molecule has 0 radical (unpaired) electrons. The van der Waals surface area contributed by atoms with Crippen LogP contribution in [0.15, 0.2) is 11.6 Å². The van der Waals surface area contributed by atoms with E-state index in [1.807, 2.05) is 6.08 Å². The highest BCUT2D eigenvalue weighted by molar-refractivity contribution is 5.91. The molecule has 0 aromatic rings. The Kier molecular flexibility index (Phi) is 3.37. The zero-order chi connectivity index (χ0) is 15.5. The number of hydrogen-bond donors (Lipinski definition) is 0. The molecule has 0 spiro atoms. The van der Waals surface area contributed by atoms with E-state index in [0.717, 1.165) is 36.5 Å². The van der Waals surface area contributed by atoms with Gasteiger partial charge in [0.15, 0.2) is 5.78 Å². The third kappa shape index (κ3) is 1.86. The first kappa shape index (κ1) is 15.0. The topological polar surface area (TPSA) is 17.1 Å². The third-order valence-electron chi connectivity index (χ3n) is 8.65. The Balaban J connectivity index is 1.67. The van der Waals surface area contributed by atoms with Crippen molar-refractivity contribution in [2.24, 2.45) is 34.5 Å². The monoisotopic (exact) mass is 300 g/mol. The summed E-state index contributed by atoms with van der Waals surface area (Å²) < 4.78 is 0. The molecule has 4 aliphatic rings. The van der Waals surface area contributed by atoms with Gasteiger partial charge in [0.05, 0.1) is 0 Å². The van der Waals surface area contributed by atoms with Crippen molar-refractivity contribution in [3.63, 3.8) is 0 Å². The van der Waals surface area contributed by atoms with Crippen molar-refractivity contribution >= 4 is 5.78 Å². The molecule has 0 aromatic heterocycles. The number of fused-ring (bicyclic) bond motifs is 5. The first-order valence-corrected chi connectivity index (χ1v) is 9.73. The number of hydrogen-bond acceptors (Lipinski definition) is 1. The fourth-order valence-corrected chi connectivity index (χ4v) is 7.34. The summed E-state index contributed by atoms with van der Waals surface area (Å²) in [5.41, 5.74) is 2.49. The van der Waals surface area contributed by atoms with Crippen molar-refractivity contribution in [2.75, 3.05) is 0 Å². The van der Waals surface area contributed by atoms with Gasteiger partial charge in [0.1, 0.15) is 0 Å². The summed E-state index contributed by atoms with van der Waals surface area (Å²) in [4.78, 5) is 11.9. The summed E-state index contributed by atoms with van der Waals surface area (Å²) in [6, 6.07) is 0. The van der Waals surface area contributed by atoms with Crippen molar-refractivity contribution < 1.29 is 4.79 Å². The Hall–Kier alpha value is -0.590. The average Bonchev–Trinajstić information content (AvgIpc) is 2.84. The van der Waals surface area contributed by atoms with E-state index in [0.29, 0.717) is 16.6 Å². The molecule has 3 fully saturated rings. The summed E-state index contributed by atoms with van der Waals surface area (Å²) >= 11 is 0. The fraction of sp³-hybridized carbons (Fsp3) is 0.857. The van der Waals surface area contributed by atoms with Crippen molar-refractivity contribution in [3.8, 4) is 0 Å². The Labute approximate surface area is 135 Å². The van der Waals surface area contributed by atoms with Crippen LogP contribution in [0, 0.1) is 34.5 Å². The number of carbonyl (C=O) groups is 1. The smallest absolute Gasteiger partial charge is 0.155 e. The lowest BCUT2D eigenvalue weighted by molar-refractivity contribution is -0.117. The standard InChI is InChI=1S/C21H32O/c1-4-14-6-8-18-17-7-5-15-13-16(22)9-11-21(15,3)19(17)10-12-20(14,18)2/h13-14,17-19H,4-12H2,1-3H3/t14?,17-,18-,19+,20+,21-/m0/s1. The molecule has 0 bridgehead atoms. The van der Waals surface area contributed by atoms with Gasteiger partial charge in [-0.1, -0.05) is 32.8 Å². The summed E-state index contributed by atoms with van der Waals surface area (Å²) in [5, 5.41) is 0. The molecular weight excluding hydrogens is 268 g/mol. The molecule has 0 amide bonds. The van der Waals surface area contributed by atoms with Gasteiger partial charge in [-0.3, -0.25) is 4.79 Å². The minimum Gasteiger partial charge on any atom is -0.295 e. The predicted molar refractivity (Wildman–Crippen MR) is 90.5 cm³/mol. The molecular formula is C21H32O. The van der Waals surface area contributed by atoms with Crippen LogP contribution in [0.1, 0.15) is 78.6 Å². The van der Waals surface area contributed by atoms with Gasteiger partial charge in [-0.15, -0.1) is 0 Å². The zero-order valence-corrected chi connectivity index (χ0v) is 14.7. The minimum atomic E-state index is 0.350. The first-order valence-electron chi connectivity index (χ1n) is 9.73. The Morgan fingerprint density at radius 2 is 1.86 bits per heavy atom. The van der Waals surface area contributed by atoms with Gasteiger partial charge in [0, 0.05) is 6.42 Å². The van der Waals surface area contributed by atoms with E-state index in [1.165, 1.54) is 50.5 Å². The summed E-state index contributed by atoms with van der Waals surface area (Å²) in [7, 11) is 0. The highest BCUT2D eigenvalue weighted by Crippen LogP contribution is 2.66. The molecule has 6 atom stereocenters. The lowest BCUT2D eigenvalue weighted by Gasteiger charge is -2.58. The first-order chi connectivity index (χ1) is 10.5. The largest absolute Gasteiger partial charge is 0.295 e. The lowest BCUT2D eigenvalue weighted by Crippen LogP contribution is -2.50. The van der Waals surface area contributed by atoms with Crippen molar-refractivity contribution in [1.82, 2.24) is 0 Å². The SMILES string of the molecule is CCC1CC[C@H]2[C@@H]3CCC4=CC(=O)CC[C@]4(C)[C@@H]3CC[C@]12C. The normalized spacial score (nSPS) is 50.9. The van der Waals surface area contributed by atoms with Crippen LogP contribution in [0.5, 0.6) is 0 Å². The molecule has 1 heteroatoms. The third-order valence-corrected chi connectivity index (χ3v) is 8.65. The van der Waals surface area contributed by atoms with Crippen LogP contribution in [0.2, 0.25) is 0 Å². The molecule has 122 valence electrons. The average molecular weight is 300 g/mol.